The number of hydrogen-bond acceptors (Lipinski definition) is 6. The third kappa shape index (κ3) is 3.58. The molecule has 0 saturated carbocycles. The maximum atomic E-state index is 10.5. The Kier molecular flexibility index (Phi) is 4.77. The number of hydrogen-bond donors (Lipinski definition) is 3. The molecule has 2 rings (SSSR count). The fraction of sp³-hybridized carbons (Fsp3) is 0.714. The minimum atomic E-state index is -0.824. The topological polar surface area (TPSA) is 79.3 Å². The Morgan fingerprint density at radius 2 is 2.25 bits per heavy atom. The zero-order chi connectivity index (χ0) is 14.6. The average Bonchev–Trinajstić information content (AvgIpc) is 2.74. The van der Waals surface area contributed by atoms with Crippen molar-refractivity contribution < 1.29 is 9.84 Å². The summed E-state index contributed by atoms with van der Waals surface area (Å²) in [5.74, 6) is 1.35. The molecule has 2 heterocycles. The first kappa shape index (κ1) is 15.0. The summed E-state index contributed by atoms with van der Waals surface area (Å²) in [7, 11) is 0. The molecule has 1 aromatic heterocycles. The van der Waals surface area contributed by atoms with Gasteiger partial charge in [-0.15, -0.1) is 0 Å². The molecule has 2 atom stereocenters. The molecule has 1 saturated heterocycles. The number of rotatable bonds is 6. The van der Waals surface area contributed by atoms with Crippen LogP contribution in [-0.2, 0) is 4.74 Å². The van der Waals surface area contributed by atoms with E-state index in [4.69, 9.17) is 4.74 Å². The first-order valence-corrected chi connectivity index (χ1v) is 7.21. The Labute approximate surface area is 120 Å². The standard InChI is InChI=1S/C14H24N4O2/c1-4-6-15-13-17-10(2)8-12(18-13)16-9-14(19)5-7-20-11(14)3/h8,11,19H,4-7,9H2,1-3H3,(H2,15,16,17,18). The van der Waals surface area contributed by atoms with Crippen molar-refractivity contribution in [3.8, 4) is 0 Å². The van der Waals surface area contributed by atoms with E-state index in [2.05, 4.69) is 27.5 Å². The molecule has 2 unspecified atom stereocenters. The number of nitrogens with one attached hydrogen (secondary N) is 2. The van der Waals surface area contributed by atoms with Gasteiger partial charge in [-0.05, 0) is 20.3 Å². The summed E-state index contributed by atoms with van der Waals surface area (Å²) >= 11 is 0. The Morgan fingerprint density at radius 3 is 2.90 bits per heavy atom. The highest BCUT2D eigenvalue weighted by Crippen LogP contribution is 2.26. The minimum Gasteiger partial charge on any atom is -0.385 e. The number of anilines is 2. The normalized spacial score (nSPS) is 25.7. The van der Waals surface area contributed by atoms with Crippen LogP contribution in [0, 0.1) is 6.92 Å². The molecule has 1 fully saturated rings. The molecule has 0 radical (unpaired) electrons. The van der Waals surface area contributed by atoms with Crippen LogP contribution in [0.5, 0.6) is 0 Å². The third-order valence-corrected chi connectivity index (χ3v) is 3.62. The van der Waals surface area contributed by atoms with E-state index < -0.39 is 5.60 Å². The van der Waals surface area contributed by atoms with Gasteiger partial charge in [0.05, 0.1) is 6.10 Å². The highest BCUT2D eigenvalue weighted by atomic mass is 16.5. The van der Waals surface area contributed by atoms with Crippen LogP contribution in [0.25, 0.3) is 0 Å². The second kappa shape index (κ2) is 6.37. The maximum absolute atomic E-state index is 10.5. The predicted molar refractivity (Wildman–Crippen MR) is 79.0 cm³/mol. The largest absolute Gasteiger partial charge is 0.385 e. The summed E-state index contributed by atoms with van der Waals surface area (Å²) in [6, 6.07) is 1.88. The van der Waals surface area contributed by atoms with Gasteiger partial charge >= 0.3 is 0 Å². The van der Waals surface area contributed by atoms with Gasteiger partial charge in [0.2, 0.25) is 5.95 Å². The third-order valence-electron chi connectivity index (χ3n) is 3.62. The number of aromatic nitrogens is 2. The van der Waals surface area contributed by atoms with Crippen molar-refractivity contribution in [3.63, 3.8) is 0 Å². The summed E-state index contributed by atoms with van der Waals surface area (Å²) in [6.45, 7) is 7.80. The molecule has 1 aliphatic heterocycles. The van der Waals surface area contributed by atoms with Gasteiger partial charge in [0.25, 0.3) is 0 Å². The van der Waals surface area contributed by atoms with E-state index in [0.717, 1.165) is 24.5 Å². The number of ether oxygens (including phenoxy) is 1. The van der Waals surface area contributed by atoms with E-state index in [0.29, 0.717) is 25.5 Å². The van der Waals surface area contributed by atoms with E-state index in [-0.39, 0.29) is 6.10 Å². The van der Waals surface area contributed by atoms with Gasteiger partial charge in [0.15, 0.2) is 0 Å². The highest BCUT2D eigenvalue weighted by Gasteiger charge is 2.39. The van der Waals surface area contributed by atoms with Crippen molar-refractivity contribution in [2.75, 3.05) is 30.3 Å². The number of nitrogens with zero attached hydrogens (tertiary/aromatic N) is 2. The van der Waals surface area contributed by atoms with E-state index in [1.165, 1.54) is 0 Å². The van der Waals surface area contributed by atoms with Crippen molar-refractivity contribution in [1.82, 2.24) is 9.97 Å². The van der Waals surface area contributed by atoms with Gasteiger partial charge < -0.3 is 20.5 Å². The molecule has 0 aliphatic carbocycles. The molecule has 1 aliphatic rings. The van der Waals surface area contributed by atoms with Crippen molar-refractivity contribution in [1.29, 1.82) is 0 Å². The number of aryl methyl sites for hydroxylation is 1. The Balaban J connectivity index is 2.00. The van der Waals surface area contributed by atoms with E-state index in [1.807, 2.05) is 19.9 Å². The monoisotopic (exact) mass is 280 g/mol. The molecule has 112 valence electrons. The lowest BCUT2D eigenvalue weighted by Crippen LogP contribution is -2.43. The van der Waals surface area contributed by atoms with Crippen LogP contribution < -0.4 is 10.6 Å². The van der Waals surface area contributed by atoms with Gasteiger partial charge in [-0.2, -0.15) is 4.98 Å². The SMILES string of the molecule is CCCNc1nc(C)cc(NCC2(O)CCOC2C)n1. The van der Waals surface area contributed by atoms with Crippen LogP contribution in [0.15, 0.2) is 6.07 Å². The first-order valence-electron chi connectivity index (χ1n) is 7.21. The van der Waals surface area contributed by atoms with Crippen LogP contribution in [0.2, 0.25) is 0 Å². The van der Waals surface area contributed by atoms with Crippen LogP contribution >= 0.6 is 0 Å². The summed E-state index contributed by atoms with van der Waals surface area (Å²) in [6.07, 6.45) is 1.51. The fourth-order valence-corrected chi connectivity index (χ4v) is 2.22. The molecule has 3 N–H and O–H groups in total. The summed E-state index contributed by atoms with van der Waals surface area (Å²) in [4.78, 5) is 8.74. The van der Waals surface area contributed by atoms with E-state index in [1.54, 1.807) is 0 Å². The second-order valence-electron chi connectivity index (χ2n) is 5.37. The van der Waals surface area contributed by atoms with E-state index in [9.17, 15) is 5.11 Å². The summed E-state index contributed by atoms with van der Waals surface area (Å²) in [5, 5.41) is 16.8. The minimum absolute atomic E-state index is 0.157. The Morgan fingerprint density at radius 1 is 1.45 bits per heavy atom. The lowest BCUT2D eigenvalue weighted by Gasteiger charge is -2.26. The molecule has 0 bridgehead atoms. The summed E-state index contributed by atoms with van der Waals surface area (Å²) in [5.41, 5.74) is 0.0689. The molecular weight excluding hydrogens is 256 g/mol. The molecular formula is C14H24N4O2. The van der Waals surface area contributed by atoms with Crippen molar-refractivity contribution in [2.45, 2.75) is 45.3 Å². The van der Waals surface area contributed by atoms with Gasteiger partial charge in [-0.3, -0.25) is 0 Å². The maximum Gasteiger partial charge on any atom is 0.224 e. The molecule has 0 amide bonds. The smallest absolute Gasteiger partial charge is 0.224 e. The van der Waals surface area contributed by atoms with Gasteiger partial charge in [-0.25, -0.2) is 4.98 Å². The molecule has 6 heteroatoms. The van der Waals surface area contributed by atoms with Gasteiger partial charge in [-0.1, -0.05) is 6.92 Å². The quantitative estimate of drug-likeness (QED) is 0.734. The lowest BCUT2D eigenvalue weighted by atomic mass is 9.97. The van der Waals surface area contributed by atoms with Crippen LogP contribution in [-0.4, -0.2) is 46.5 Å². The van der Waals surface area contributed by atoms with Crippen LogP contribution in [0.3, 0.4) is 0 Å². The fourth-order valence-electron chi connectivity index (χ4n) is 2.22. The van der Waals surface area contributed by atoms with Crippen molar-refractivity contribution in [3.05, 3.63) is 11.8 Å². The number of aliphatic hydroxyl groups is 1. The van der Waals surface area contributed by atoms with Gasteiger partial charge in [0.1, 0.15) is 11.4 Å². The van der Waals surface area contributed by atoms with Crippen LogP contribution in [0.1, 0.15) is 32.4 Å². The Bertz CT molecular complexity index is 455. The zero-order valence-corrected chi connectivity index (χ0v) is 12.4. The molecule has 6 nitrogen and oxygen atoms in total. The first-order chi connectivity index (χ1) is 9.53. The lowest BCUT2D eigenvalue weighted by molar-refractivity contribution is -0.0176. The van der Waals surface area contributed by atoms with Gasteiger partial charge in [0, 0.05) is 37.9 Å². The zero-order valence-electron chi connectivity index (χ0n) is 12.4. The highest BCUT2D eigenvalue weighted by molar-refractivity contribution is 5.42. The van der Waals surface area contributed by atoms with E-state index >= 15 is 0 Å². The summed E-state index contributed by atoms with van der Waals surface area (Å²) < 4.78 is 5.42. The second-order valence-corrected chi connectivity index (χ2v) is 5.37. The van der Waals surface area contributed by atoms with Crippen molar-refractivity contribution >= 4 is 11.8 Å². The van der Waals surface area contributed by atoms with Crippen molar-refractivity contribution in [2.24, 2.45) is 0 Å². The van der Waals surface area contributed by atoms with Crippen LogP contribution in [0.4, 0.5) is 11.8 Å². The predicted octanol–water partition coefficient (Wildman–Crippen LogP) is 1.56. The molecule has 0 spiro atoms. The average molecular weight is 280 g/mol. The molecule has 1 aromatic rings. The molecule has 20 heavy (non-hydrogen) atoms. The Hall–Kier alpha value is -1.40. The molecule has 0 aromatic carbocycles.